The zero-order valence-corrected chi connectivity index (χ0v) is 22.3. The van der Waals surface area contributed by atoms with Crippen LogP contribution in [0.25, 0.3) is 11.1 Å². The van der Waals surface area contributed by atoms with Gasteiger partial charge in [0, 0.05) is 30.0 Å². The Labute approximate surface area is 226 Å². The lowest BCUT2D eigenvalue weighted by atomic mass is 9.90. The van der Waals surface area contributed by atoms with Crippen LogP contribution in [0, 0.1) is 19.7 Å². The summed E-state index contributed by atoms with van der Waals surface area (Å²) in [6.07, 6.45) is 0.903. The van der Waals surface area contributed by atoms with Gasteiger partial charge in [0.05, 0.1) is 19.6 Å². The fraction of sp³-hybridized carbons (Fsp3) is 0.355. The van der Waals surface area contributed by atoms with Gasteiger partial charge in [-0.15, -0.1) is 0 Å². The first kappa shape index (κ1) is 26.5. The van der Waals surface area contributed by atoms with E-state index in [-0.39, 0.29) is 24.1 Å². The lowest BCUT2D eigenvalue weighted by Crippen LogP contribution is -2.25. The molecule has 0 radical (unpaired) electrons. The number of carboxylic acids is 1. The third-order valence-electron chi connectivity index (χ3n) is 7.37. The molecule has 1 aliphatic carbocycles. The highest BCUT2D eigenvalue weighted by Crippen LogP contribution is 2.45. The zero-order valence-electron chi connectivity index (χ0n) is 22.3. The first-order valence-corrected chi connectivity index (χ1v) is 13.2. The van der Waals surface area contributed by atoms with Gasteiger partial charge in [-0.2, -0.15) is 0 Å². The topological polar surface area (TPSA) is 94.1 Å². The monoisotopic (exact) mass is 533 g/mol. The summed E-state index contributed by atoms with van der Waals surface area (Å²) in [7, 11) is 0. The third-order valence-corrected chi connectivity index (χ3v) is 7.37. The van der Waals surface area contributed by atoms with E-state index >= 15 is 4.39 Å². The first-order valence-electron chi connectivity index (χ1n) is 13.2. The molecule has 1 heterocycles. The number of benzene rings is 3. The fourth-order valence-electron chi connectivity index (χ4n) is 5.73. The molecule has 3 aromatic rings. The molecule has 2 N–H and O–H groups in total. The van der Waals surface area contributed by atoms with Crippen molar-refractivity contribution >= 4 is 11.9 Å². The molecule has 0 aromatic heterocycles. The molecule has 2 aliphatic rings. The van der Waals surface area contributed by atoms with E-state index in [2.05, 4.69) is 5.32 Å². The van der Waals surface area contributed by atoms with Crippen molar-refractivity contribution in [3.8, 4) is 28.4 Å². The molecule has 0 spiro atoms. The van der Waals surface area contributed by atoms with E-state index in [1.807, 2.05) is 38.1 Å². The van der Waals surface area contributed by atoms with Crippen molar-refractivity contribution in [2.45, 2.75) is 52.1 Å². The Bertz CT molecular complexity index is 1410. The maximum atomic E-state index is 15.2. The molecule has 1 amide bonds. The van der Waals surface area contributed by atoms with Gasteiger partial charge in [-0.05, 0) is 78.8 Å². The van der Waals surface area contributed by atoms with Gasteiger partial charge in [-0.3, -0.25) is 9.59 Å². The minimum absolute atomic E-state index is 0.0141. The summed E-state index contributed by atoms with van der Waals surface area (Å²) in [6.45, 7) is 6.64. The average molecular weight is 534 g/mol. The van der Waals surface area contributed by atoms with Crippen LogP contribution in [0.1, 0.15) is 59.6 Å². The maximum absolute atomic E-state index is 15.2. The lowest BCUT2D eigenvalue weighted by Gasteiger charge is -2.19. The van der Waals surface area contributed by atoms with Gasteiger partial charge in [0.1, 0.15) is 35.8 Å². The molecule has 7 nitrogen and oxygen atoms in total. The van der Waals surface area contributed by atoms with Gasteiger partial charge in [-0.1, -0.05) is 12.1 Å². The van der Waals surface area contributed by atoms with Crippen molar-refractivity contribution in [1.82, 2.24) is 5.32 Å². The number of hydrogen-bond donors (Lipinski definition) is 2. The summed E-state index contributed by atoms with van der Waals surface area (Å²) >= 11 is 0. The molecule has 0 bridgehead atoms. The van der Waals surface area contributed by atoms with Gasteiger partial charge < -0.3 is 24.6 Å². The average Bonchev–Trinajstić information content (AvgIpc) is 3.47. The van der Waals surface area contributed by atoms with E-state index in [0.29, 0.717) is 49.7 Å². The Morgan fingerprint density at radius 3 is 2.59 bits per heavy atom. The van der Waals surface area contributed by atoms with Crippen LogP contribution in [0.3, 0.4) is 0 Å². The molecule has 1 unspecified atom stereocenters. The van der Waals surface area contributed by atoms with Crippen LogP contribution in [0.2, 0.25) is 0 Å². The third kappa shape index (κ3) is 5.55. The van der Waals surface area contributed by atoms with Crippen LogP contribution < -0.4 is 19.5 Å². The number of carboxylic acid groups (broad SMARTS) is 1. The highest BCUT2D eigenvalue weighted by atomic mass is 19.1. The first-order chi connectivity index (χ1) is 18.7. The number of rotatable bonds is 9. The maximum Gasteiger partial charge on any atom is 0.304 e. The van der Waals surface area contributed by atoms with Crippen molar-refractivity contribution in [1.29, 1.82) is 0 Å². The Morgan fingerprint density at radius 1 is 1.10 bits per heavy atom. The molecule has 39 heavy (non-hydrogen) atoms. The van der Waals surface area contributed by atoms with Crippen LogP contribution in [-0.4, -0.2) is 36.7 Å². The molecule has 5 rings (SSSR count). The van der Waals surface area contributed by atoms with Crippen molar-refractivity contribution in [2.75, 3.05) is 19.8 Å². The van der Waals surface area contributed by atoms with Gasteiger partial charge in [0.15, 0.2) is 0 Å². The van der Waals surface area contributed by atoms with E-state index in [0.717, 1.165) is 39.1 Å². The number of amides is 1. The molecular formula is C31H32FNO6. The predicted molar refractivity (Wildman–Crippen MR) is 144 cm³/mol. The van der Waals surface area contributed by atoms with Crippen LogP contribution in [0.15, 0.2) is 42.5 Å². The highest BCUT2D eigenvalue weighted by Gasteiger charge is 2.32. The van der Waals surface area contributed by atoms with Crippen molar-refractivity contribution in [2.24, 2.45) is 0 Å². The summed E-state index contributed by atoms with van der Waals surface area (Å²) in [6, 6.07) is 12.7. The summed E-state index contributed by atoms with van der Waals surface area (Å²) in [5, 5.41) is 11.9. The van der Waals surface area contributed by atoms with Crippen LogP contribution in [0.4, 0.5) is 4.39 Å². The molecule has 0 fully saturated rings. The number of carbonyl (C=O) groups excluding carboxylic acids is 1. The van der Waals surface area contributed by atoms with Crippen molar-refractivity contribution in [3.63, 3.8) is 0 Å². The van der Waals surface area contributed by atoms with E-state index in [1.54, 1.807) is 12.1 Å². The van der Waals surface area contributed by atoms with Crippen molar-refractivity contribution < 1.29 is 33.3 Å². The molecule has 1 aliphatic heterocycles. The van der Waals surface area contributed by atoms with Crippen LogP contribution in [0.5, 0.6) is 17.2 Å². The SMILES string of the molecule is CC(=O)NCCOc1cc(C)c(-c2ccc(F)c3c2CC[C@H]3Oc2ccc3c(c2)OCC3CC(=O)O)c(C)c1. The number of carbonyl (C=O) groups is 2. The standard InChI is InChI=1S/C31H32FNO6/c1-17-12-22(37-11-10-33-19(3)34)13-18(2)30(17)24-6-8-26(32)31-25(24)7-9-27(31)39-21-4-5-23-20(14-29(35)36)16-38-28(23)15-21/h4-6,8,12-13,15,20,27H,7,9-11,14,16H2,1-3H3,(H,33,34)(H,35,36)/t20?,27-/m1/s1. The van der Waals surface area contributed by atoms with Gasteiger partial charge in [-0.25, -0.2) is 4.39 Å². The summed E-state index contributed by atoms with van der Waals surface area (Å²) in [5.74, 6) is 0.492. The van der Waals surface area contributed by atoms with E-state index in [1.165, 1.54) is 13.0 Å². The van der Waals surface area contributed by atoms with Gasteiger partial charge in [0.25, 0.3) is 0 Å². The molecule has 0 saturated heterocycles. The van der Waals surface area contributed by atoms with Crippen LogP contribution in [-0.2, 0) is 16.0 Å². The summed E-state index contributed by atoms with van der Waals surface area (Å²) in [4.78, 5) is 22.2. The fourth-order valence-corrected chi connectivity index (χ4v) is 5.73. The minimum Gasteiger partial charge on any atom is -0.492 e. The second-order valence-corrected chi connectivity index (χ2v) is 10.2. The van der Waals surface area contributed by atoms with E-state index in [9.17, 15) is 9.59 Å². The molecule has 2 atom stereocenters. The number of aryl methyl sites for hydroxylation is 2. The summed E-state index contributed by atoms with van der Waals surface area (Å²) < 4.78 is 33.0. The quantitative estimate of drug-likeness (QED) is 0.346. The highest BCUT2D eigenvalue weighted by molar-refractivity contribution is 5.76. The molecular weight excluding hydrogens is 501 g/mol. The molecule has 3 aromatic carbocycles. The number of ether oxygens (including phenoxy) is 3. The largest absolute Gasteiger partial charge is 0.492 e. The molecule has 0 saturated carbocycles. The normalized spacial score (nSPS) is 17.2. The Morgan fingerprint density at radius 2 is 1.87 bits per heavy atom. The number of aliphatic carboxylic acids is 1. The second kappa shape index (κ2) is 11.0. The zero-order chi connectivity index (χ0) is 27.7. The number of hydrogen-bond acceptors (Lipinski definition) is 5. The van der Waals surface area contributed by atoms with E-state index < -0.39 is 12.1 Å². The van der Waals surface area contributed by atoms with Crippen molar-refractivity contribution in [3.05, 3.63) is 76.1 Å². The van der Waals surface area contributed by atoms with Gasteiger partial charge >= 0.3 is 5.97 Å². The number of halogens is 1. The van der Waals surface area contributed by atoms with Crippen LogP contribution >= 0.6 is 0 Å². The van der Waals surface area contributed by atoms with Gasteiger partial charge in [0.2, 0.25) is 5.91 Å². The molecule has 8 heteroatoms. The smallest absolute Gasteiger partial charge is 0.304 e. The summed E-state index contributed by atoms with van der Waals surface area (Å²) in [5.41, 5.74) is 6.47. The Hall–Kier alpha value is -4.07. The predicted octanol–water partition coefficient (Wildman–Crippen LogP) is 5.64. The van der Waals surface area contributed by atoms with E-state index in [4.69, 9.17) is 19.3 Å². The number of nitrogens with one attached hydrogen (secondary N) is 1. The Balaban J connectivity index is 1.37. The lowest BCUT2D eigenvalue weighted by molar-refractivity contribution is -0.137. The minimum atomic E-state index is -0.861. The molecule has 204 valence electrons. The number of fused-ring (bicyclic) bond motifs is 2. The Kier molecular flexibility index (Phi) is 7.46. The second-order valence-electron chi connectivity index (χ2n) is 10.2.